The van der Waals surface area contributed by atoms with Crippen molar-refractivity contribution >= 4 is 61.8 Å². The molecule has 0 aromatic rings. The van der Waals surface area contributed by atoms with Crippen molar-refractivity contribution in [3.8, 4) is 0 Å². The molecule has 12 heavy (non-hydrogen) atoms. The zero-order chi connectivity index (χ0) is 8.62. The van der Waals surface area contributed by atoms with Crippen LogP contribution in [0.3, 0.4) is 0 Å². The van der Waals surface area contributed by atoms with Crippen molar-refractivity contribution in [2.75, 3.05) is 0 Å². The molecule has 0 aliphatic rings. The normalized spacial score (nSPS) is 7.17. The van der Waals surface area contributed by atoms with E-state index in [2.05, 4.69) is 17.9 Å². The molecule has 0 heterocycles. The van der Waals surface area contributed by atoms with Crippen LogP contribution in [0.25, 0.3) is 0 Å². The molecule has 0 amide bonds. The Labute approximate surface area is 114 Å². The molecule has 0 atom stereocenters. The van der Waals surface area contributed by atoms with E-state index in [1.54, 1.807) is 0 Å². The molecule has 0 unspecified atom stereocenters. The Hall–Kier alpha value is 0.746. The molecule has 0 radical (unpaired) electrons. The standard InChI is InChI=1S/C4H6O.K.H2O4S.H2O.H/c1-3-5-4-2;;1-5(2,3)4;;/h3-4H,1-2H2;;(H2,1,2,3,4);1H2;. The maximum absolute atomic E-state index is 8.74. The predicted octanol–water partition coefficient (Wildman–Crippen LogP) is -0.836. The Bertz CT molecular complexity index is 172. The first-order valence-corrected chi connectivity index (χ1v) is 3.38. The fraction of sp³-hybridized carbons (Fsp3) is 0. The SMILES string of the molecule is C=COC=C.O.O=S(=O)(O)O.[KH]. The summed E-state index contributed by atoms with van der Waals surface area (Å²) in [5.74, 6) is 0. The van der Waals surface area contributed by atoms with E-state index >= 15 is 0 Å². The summed E-state index contributed by atoms with van der Waals surface area (Å²) in [5, 5.41) is 0. The van der Waals surface area contributed by atoms with Gasteiger partial charge in [0.15, 0.2) is 0 Å². The molecule has 6 nitrogen and oxygen atoms in total. The van der Waals surface area contributed by atoms with Gasteiger partial charge in [-0.1, -0.05) is 13.2 Å². The van der Waals surface area contributed by atoms with Crippen LogP contribution < -0.4 is 0 Å². The molecule has 0 bridgehead atoms. The van der Waals surface area contributed by atoms with Gasteiger partial charge in [-0.15, -0.1) is 0 Å². The fourth-order valence-corrected chi connectivity index (χ4v) is 0.0680. The van der Waals surface area contributed by atoms with Gasteiger partial charge in [0.1, 0.15) is 0 Å². The first-order valence-electron chi connectivity index (χ1n) is 1.99. The van der Waals surface area contributed by atoms with E-state index in [4.69, 9.17) is 17.5 Å². The quantitative estimate of drug-likeness (QED) is 0.362. The molecular formula is C4H11KO6S. The third kappa shape index (κ3) is 135. The van der Waals surface area contributed by atoms with Gasteiger partial charge >= 0.3 is 61.8 Å². The van der Waals surface area contributed by atoms with Crippen LogP contribution >= 0.6 is 0 Å². The van der Waals surface area contributed by atoms with E-state index in [0.29, 0.717) is 0 Å². The van der Waals surface area contributed by atoms with Crippen molar-refractivity contribution in [1.29, 1.82) is 0 Å². The van der Waals surface area contributed by atoms with Crippen LogP contribution in [0.1, 0.15) is 0 Å². The second-order valence-electron chi connectivity index (χ2n) is 0.917. The third-order valence-corrected chi connectivity index (χ3v) is 0.192. The minimum absolute atomic E-state index is 0. The molecule has 0 spiro atoms. The van der Waals surface area contributed by atoms with Gasteiger partial charge in [0.05, 0.1) is 12.5 Å². The Morgan fingerprint density at radius 1 is 1.17 bits per heavy atom. The molecule has 0 rings (SSSR count). The topological polar surface area (TPSA) is 115 Å². The van der Waals surface area contributed by atoms with Crippen LogP contribution in [0.5, 0.6) is 0 Å². The van der Waals surface area contributed by atoms with Crippen LogP contribution in [0.2, 0.25) is 0 Å². The van der Waals surface area contributed by atoms with Crippen LogP contribution in [-0.2, 0) is 15.1 Å². The Balaban J connectivity index is -0.0000000457. The van der Waals surface area contributed by atoms with Crippen molar-refractivity contribution in [2.45, 2.75) is 0 Å². The summed E-state index contributed by atoms with van der Waals surface area (Å²) >= 11 is 0. The summed E-state index contributed by atoms with van der Waals surface area (Å²) in [4.78, 5) is 0. The molecule has 0 aromatic heterocycles. The first kappa shape index (κ1) is 23.0. The molecular weight excluding hydrogens is 215 g/mol. The summed E-state index contributed by atoms with van der Waals surface area (Å²) in [6.07, 6.45) is 2.62. The van der Waals surface area contributed by atoms with Crippen LogP contribution in [0.15, 0.2) is 25.7 Å². The molecule has 4 N–H and O–H groups in total. The van der Waals surface area contributed by atoms with E-state index in [-0.39, 0.29) is 56.9 Å². The van der Waals surface area contributed by atoms with E-state index in [1.807, 2.05) is 0 Å². The average molecular weight is 226 g/mol. The molecule has 0 fully saturated rings. The van der Waals surface area contributed by atoms with Crippen molar-refractivity contribution in [3.05, 3.63) is 25.7 Å². The second kappa shape index (κ2) is 14.3. The summed E-state index contributed by atoms with van der Waals surface area (Å²) < 4.78 is 35.9. The summed E-state index contributed by atoms with van der Waals surface area (Å²) in [6.45, 7) is 6.51. The first-order chi connectivity index (χ1) is 4.41. The monoisotopic (exact) mass is 226 g/mol. The van der Waals surface area contributed by atoms with E-state index in [0.717, 1.165) is 0 Å². The van der Waals surface area contributed by atoms with Gasteiger partial charge in [-0.3, -0.25) is 9.11 Å². The van der Waals surface area contributed by atoms with Gasteiger partial charge in [-0.2, -0.15) is 8.42 Å². The molecule has 0 aromatic carbocycles. The van der Waals surface area contributed by atoms with Gasteiger partial charge in [-0.05, 0) is 0 Å². The number of hydrogen-bond acceptors (Lipinski definition) is 3. The van der Waals surface area contributed by atoms with Crippen molar-refractivity contribution < 1.29 is 27.7 Å². The van der Waals surface area contributed by atoms with Gasteiger partial charge in [0, 0.05) is 0 Å². The van der Waals surface area contributed by atoms with E-state index in [1.165, 1.54) is 12.5 Å². The van der Waals surface area contributed by atoms with Crippen molar-refractivity contribution in [2.24, 2.45) is 0 Å². The number of hydrogen-bond donors (Lipinski definition) is 2. The zero-order valence-corrected chi connectivity index (χ0v) is 6.41. The van der Waals surface area contributed by atoms with Crippen LogP contribution in [-0.4, -0.2) is 74.4 Å². The number of ether oxygens (including phenoxy) is 1. The summed E-state index contributed by atoms with van der Waals surface area (Å²) in [7, 11) is -4.67. The second-order valence-corrected chi connectivity index (χ2v) is 1.81. The fourth-order valence-electron chi connectivity index (χ4n) is 0.0680. The van der Waals surface area contributed by atoms with Gasteiger partial charge in [-0.25, -0.2) is 0 Å². The van der Waals surface area contributed by atoms with Crippen molar-refractivity contribution in [3.63, 3.8) is 0 Å². The summed E-state index contributed by atoms with van der Waals surface area (Å²) in [5.41, 5.74) is 0. The summed E-state index contributed by atoms with van der Waals surface area (Å²) in [6, 6.07) is 0. The molecule has 0 aliphatic heterocycles. The van der Waals surface area contributed by atoms with Crippen molar-refractivity contribution in [1.82, 2.24) is 0 Å². The maximum atomic E-state index is 8.74. The van der Waals surface area contributed by atoms with Gasteiger partial charge in [0.25, 0.3) is 0 Å². The average Bonchev–Trinajstić information content (AvgIpc) is 1.63. The predicted molar refractivity (Wildman–Crippen MR) is 46.4 cm³/mol. The number of rotatable bonds is 2. The molecule has 8 heteroatoms. The minimum atomic E-state index is -4.67. The van der Waals surface area contributed by atoms with Crippen LogP contribution in [0.4, 0.5) is 0 Å². The Morgan fingerprint density at radius 3 is 1.33 bits per heavy atom. The Morgan fingerprint density at radius 2 is 1.33 bits per heavy atom. The van der Waals surface area contributed by atoms with E-state index < -0.39 is 10.4 Å². The van der Waals surface area contributed by atoms with Crippen LogP contribution in [0, 0.1) is 0 Å². The molecule has 0 aliphatic carbocycles. The zero-order valence-electron chi connectivity index (χ0n) is 5.60. The third-order valence-electron chi connectivity index (χ3n) is 0.192. The Kier molecular flexibility index (Phi) is 27.4. The van der Waals surface area contributed by atoms with Gasteiger partial charge in [0.2, 0.25) is 0 Å². The van der Waals surface area contributed by atoms with Gasteiger partial charge < -0.3 is 10.2 Å². The van der Waals surface area contributed by atoms with E-state index in [9.17, 15) is 0 Å². The molecule has 0 saturated heterocycles. The molecule has 70 valence electrons. The molecule has 0 saturated carbocycles.